The first-order valence-corrected chi connectivity index (χ1v) is 16.3. The van der Waals surface area contributed by atoms with E-state index in [1.807, 2.05) is 24.3 Å². The topological polar surface area (TPSA) is 18.5 Å². The predicted molar refractivity (Wildman–Crippen MR) is 177 cm³/mol. The summed E-state index contributed by atoms with van der Waals surface area (Å²) in [6.45, 7) is 0.997. The summed E-state index contributed by atoms with van der Waals surface area (Å²) in [4.78, 5) is 0. The summed E-state index contributed by atoms with van der Waals surface area (Å²) >= 11 is 0. The van der Waals surface area contributed by atoms with Gasteiger partial charge >= 0.3 is 0 Å². The van der Waals surface area contributed by atoms with Gasteiger partial charge in [0.1, 0.15) is 54.1 Å². The van der Waals surface area contributed by atoms with Crippen molar-refractivity contribution in [3.63, 3.8) is 0 Å². The average Bonchev–Trinajstić information content (AvgIpc) is 3.08. The van der Waals surface area contributed by atoms with Crippen molar-refractivity contribution < 1.29 is 9.47 Å². The van der Waals surface area contributed by atoms with Gasteiger partial charge in [-0.15, -0.1) is 0 Å². The lowest BCUT2D eigenvalue weighted by Crippen LogP contribution is -2.32. The van der Waals surface area contributed by atoms with Crippen LogP contribution in [0.15, 0.2) is 170 Å². The van der Waals surface area contributed by atoms with Gasteiger partial charge in [0.2, 0.25) is 0 Å². The van der Waals surface area contributed by atoms with Gasteiger partial charge < -0.3 is 9.47 Å². The number of rotatable bonds is 11. The highest BCUT2D eigenvalue weighted by Gasteiger charge is 2.46. The van der Waals surface area contributed by atoms with E-state index >= 15 is 0 Å². The van der Waals surface area contributed by atoms with E-state index in [1.165, 1.54) is 21.5 Å². The van der Waals surface area contributed by atoms with Gasteiger partial charge in [-0.2, -0.15) is 0 Å². The van der Waals surface area contributed by atoms with Crippen LogP contribution in [-0.2, 0) is 19.4 Å². The molecule has 6 rings (SSSR count). The summed E-state index contributed by atoms with van der Waals surface area (Å²) in [6, 6.07) is 59.9. The van der Waals surface area contributed by atoms with Crippen molar-refractivity contribution >= 4 is 23.2 Å². The molecular weight excluding hydrogens is 531 g/mol. The fourth-order valence-electron chi connectivity index (χ4n) is 5.39. The first-order chi connectivity index (χ1) is 20.8. The maximum Gasteiger partial charge on any atom is 0.130 e. The van der Waals surface area contributed by atoms with Gasteiger partial charge in [-0.25, -0.2) is 0 Å². The van der Waals surface area contributed by atoms with Crippen LogP contribution in [0.4, 0.5) is 0 Å². The lowest BCUT2D eigenvalue weighted by Gasteiger charge is -2.28. The van der Waals surface area contributed by atoms with E-state index in [1.54, 1.807) is 0 Å². The molecule has 206 valence electrons. The Balaban J connectivity index is 1.44. The van der Waals surface area contributed by atoms with Gasteiger partial charge in [0, 0.05) is 11.6 Å². The Labute approximate surface area is 249 Å². The highest BCUT2D eigenvalue weighted by atomic mass is 31.2. The zero-order valence-corrected chi connectivity index (χ0v) is 24.4. The van der Waals surface area contributed by atoms with E-state index < -0.39 is 7.26 Å². The number of hydrogen-bond donors (Lipinski definition) is 0. The van der Waals surface area contributed by atoms with Crippen molar-refractivity contribution in [2.45, 2.75) is 19.4 Å². The number of benzene rings is 6. The molecule has 0 saturated carbocycles. The summed E-state index contributed by atoms with van der Waals surface area (Å²) < 4.78 is 12.9. The lowest BCUT2D eigenvalue weighted by molar-refractivity contribution is 0.288. The molecule has 2 nitrogen and oxygen atoms in total. The van der Waals surface area contributed by atoms with Crippen LogP contribution in [0.1, 0.15) is 16.7 Å². The van der Waals surface area contributed by atoms with Gasteiger partial charge in [0.05, 0.1) is 0 Å². The molecule has 0 amide bonds. The molecule has 0 aliphatic rings. The first kappa shape index (κ1) is 27.5. The largest absolute Gasteiger partial charge is 0.489 e. The van der Waals surface area contributed by atoms with Crippen LogP contribution in [0.2, 0.25) is 0 Å². The number of ether oxygens (including phenoxy) is 2. The molecule has 0 radical (unpaired) electrons. The highest BCUT2D eigenvalue weighted by molar-refractivity contribution is 7.95. The molecule has 0 N–H and O–H groups in total. The Kier molecular flexibility index (Phi) is 8.74. The molecule has 42 heavy (non-hydrogen) atoms. The molecule has 0 spiro atoms. The van der Waals surface area contributed by atoms with Crippen LogP contribution >= 0.6 is 7.26 Å². The molecule has 0 aliphatic carbocycles. The summed E-state index contributed by atoms with van der Waals surface area (Å²) in [5.74, 6) is 1.66. The summed E-state index contributed by atoms with van der Waals surface area (Å²) in [6.07, 6.45) is 0.828. The molecule has 0 bridgehead atoms. The molecule has 6 aromatic carbocycles. The standard InChI is InChI=1S/C39H34O2P/c1-6-16-32(17-7-1)29-40-35-27-26-34(39(28-35)41-30-33-18-8-2-9-19-33)31-42(36-20-10-3-11-21-36,37-22-12-4-13-23-37)38-24-14-5-15-25-38/h1-28H,29-31H2/q+1. The fraction of sp³-hybridized carbons (Fsp3) is 0.0769. The lowest BCUT2D eigenvalue weighted by atomic mass is 10.2. The maximum atomic E-state index is 6.61. The second-order valence-electron chi connectivity index (χ2n) is 10.3. The highest BCUT2D eigenvalue weighted by Crippen LogP contribution is 2.59. The van der Waals surface area contributed by atoms with E-state index in [-0.39, 0.29) is 0 Å². The van der Waals surface area contributed by atoms with Crippen molar-refractivity contribution in [2.75, 3.05) is 0 Å². The Morgan fingerprint density at radius 1 is 0.405 bits per heavy atom. The summed E-state index contributed by atoms with van der Waals surface area (Å²) in [5, 5.41) is 4.04. The molecule has 6 aromatic rings. The SMILES string of the molecule is c1ccc(COc2ccc(C[P+](c3ccccc3)(c3ccccc3)c3ccccc3)c(OCc3ccccc3)c2)cc1. The second-order valence-corrected chi connectivity index (χ2v) is 13.8. The molecule has 0 saturated heterocycles. The van der Waals surface area contributed by atoms with Gasteiger partial charge in [-0.3, -0.25) is 0 Å². The average molecular weight is 566 g/mol. The molecule has 0 aromatic heterocycles. The van der Waals surface area contributed by atoms with E-state index in [0.717, 1.165) is 28.8 Å². The van der Waals surface area contributed by atoms with Crippen molar-refractivity contribution in [3.8, 4) is 11.5 Å². The monoisotopic (exact) mass is 565 g/mol. The molecular formula is C39H34O2P+. The van der Waals surface area contributed by atoms with Crippen LogP contribution in [0.25, 0.3) is 0 Å². The molecule has 0 aliphatic heterocycles. The minimum Gasteiger partial charge on any atom is -0.489 e. The van der Waals surface area contributed by atoms with Gasteiger partial charge in [0.15, 0.2) is 0 Å². The normalized spacial score (nSPS) is 11.1. The van der Waals surface area contributed by atoms with Crippen LogP contribution in [0, 0.1) is 0 Å². The zero-order valence-electron chi connectivity index (χ0n) is 23.6. The third-order valence-electron chi connectivity index (χ3n) is 7.52. The minimum atomic E-state index is -2.10. The first-order valence-electron chi connectivity index (χ1n) is 14.3. The van der Waals surface area contributed by atoms with Crippen LogP contribution in [0.5, 0.6) is 11.5 Å². The summed E-state index contributed by atoms with van der Waals surface area (Å²) in [5.41, 5.74) is 3.44. The predicted octanol–water partition coefficient (Wildman–Crippen LogP) is 8.34. The van der Waals surface area contributed by atoms with Crippen LogP contribution in [-0.4, -0.2) is 0 Å². The van der Waals surface area contributed by atoms with E-state index in [4.69, 9.17) is 9.47 Å². The van der Waals surface area contributed by atoms with Gasteiger partial charge in [0.25, 0.3) is 0 Å². The third kappa shape index (κ3) is 6.30. The summed E-state index contributed by atoms with van der Waals surface area (Å²) in [7, 11) is -2.10. The maximum absolute atomic E-state index is 6.61. The Morgan fingerprint density at radius 3 is 1.26 bits per heavy atom. The van der Waals surface area contributed by atoms with Crippen LogP contribution < -0.4 is 25.4 Å². The van der Waals surface area contributed by atoms with E-state index in [2.05, 4.69) is 146 Å². The molecule has 0 heterocycles. The smallest absolute Gasteiger partial charge is 0.130 e. The zero-order chi connectivity index (χ0) is 28.5. The van der Waals surface area contributed by atoms with Crippen molar-refractivity contribution in [1.82, 2.24) is 0 Å². The van der Waals surface area contributed by atoms with E-state index in [9.17, 15) is 0 Å². The Bertz CT molecular complexity index is 1580. The third-order valence-corrected chi connectivity index (χ3v) is 11.9. The molecule has 0 atom stereocenters. The van der Waals surface area contributed by atoms with Crippen molar-refractivity contribution in [3.05, 3.63) is 187 Å². The quantitative estimate of drug-likeness (QED) is 0.147. The van der Waals surface area contributed by atoms with Gasteiger partial charge in [-0.1, -0.05) is 115 Å². The minimum absolute atomic E-state index is 0.490. The Hall–Kier alpha value is -4.65. The van der Waals surface area contributed by atoms with Crippen molar-refractivity contribution in [2.24, 2.45) is 0 Å². The molecule has 0 unspecified atom stereocenters. The van der Waals surface area contributed by atoms with Crippen molar-refractivity contribution in [1.29, 1.82) is 0 Å². The molecule has 0 fully saturated rings. The molecule has 3 heteroatoms. The second kappa shape index (κ2) is 13.3. The van der Waals surface area contributed by atoms with Crippen LogP contribution in [0.3, 0.4) is 0 Å². The van der Waals surface area contributed by atoms with E-state index in [0.29, 0.717) is 13.2 Å². The van der Waals surface area contributed by atoms with Gasteiger partial charge in [-0.05, 0) is 59.7 Å². The Morgan fingerprint density at radius 2 is 0.810 bits per heavy atom. The number of hydrogen-bond acceptors (Lipinski definition) is 2. The fourth-order valence-corrected chi connectivity index (χ4v) is 9.65.